The summed E-state index contributed by atoms with van der Waals surface area (Å²) in [6.45, 7) is 8.06. The van der Waals surface area contributed by atoms with Crippen LogP contribution in [0.5, 0.6) is 0 Å². The number of anilines is 2. The summed E-state index contributed by atoms with van der Waals surface area (Å²) in [6.07, 6.45) is 0. The Morgan fingerprint density at radius 2 is 1.94 bits per heavy atom. The summed E-state index contributed by atoms with van der Waals surface area (Å²) in [5, 5.41) is 10.2. The summed E-state index contributed by atoms with van der Waals surface area (Å²) in [7, 11) is 0. The molecular weight excluding hydrogens is 229 g/mol. The molecule has 1 aromatic heterocycles. The highest BCUT2D eigenvalue weighted by Gasteiger charge is 2.16. The van der Waals surface area contributed by atoms with E-state index in [2.05, 4.69) is 36.3 Å². The fourth-order valence-corrected chi connectivity index (χ4v) is 1.59. The third-order valence-corrected chi connectivity index (χ3v) is 2.83. The van der Waals surface area contributed by atoms with Crippen LogP contribution in [0.4, 0.5) is 15.9 Å². The van der Waals surface area contributed by atoms with Crippen LogP contribution < -0.4 is 5.32 Å². The first kappa shape index (κ1) is 12.6. The van der Waals surface area contributed by atoms with Gasteiger partial charge in [0.2, 0.25) is 0 Å². The maximum absolute atomic E-state index is 13.4. The number of aromatic nitrogens is 2. The van der Waals surface area contributed by atoms with Crippen LogP contribution >= 0.6 is 0 Å². The summed E-state index contributed by atoms with van der Waals surface area (Å²) >= 11 is 0. The first-order chi connectivity index (χ1) is 8.36. The molecule has 0 saturated heterocycles. The molecule has 0 radical (unpaired) electrons. The highest BCUT2D eigenvalue weighted by molar-refractivity contribution is 5.57. The minimum atomic E-state index is -0.216. The topological polar surface area (TPSA) is 40.7 Å². The highest BCUT2D eigenvalue weighted by atomic mass is 19.1. The van der Waals surface area contributed by atoms with Crippen molar-refractivity contribution in [2.24, 2.45) is 0 Å². The van der Waals surface area contributed by atoms with Crippen molar-refractivity contribution in [3.05, 3.63) is 41.3 Å². The van der Waals surface area contributed by atoms with Gasteiger partial charge in [0.25, 0.3) is 0 Å². The van der Waals surface area contributed by atoms with Crippen molar-refractivity contribution in [2.45, 2.75) is 33.1 Å². The molecule has 1 aromatic carbocycles. The Morgan fingerprint density at radius 3 is 2.50 bits per heavy atom. The number of aryl methyl sites for hydroxylation is 1. The molecule has 0 atom stereocenters. The Labute approximate surface area is 106 Å². The molecule has 0 aliphatic carbocycles. The summed E-state index contributed by atoms with van der Waals surface area (Å²) in [5.41, 5.74) is 2.39. The van der Waals surface area contributed by atoms with E-state index in [4.69, 9.17) is 0 Å². The van der Waals surface area contributed by atoms with E-state index < -0.39 is 0 Å². The van der Waals surface area contributed by atoms with E-state index >= 15 is 0 Å². The van der Waals surface area contributed by atoms with Crippen LogP contribution in [0.15, 0.2) is 24.3 Å². The zero-order valence-electron chi connectivity index (χ0n) is 11.1. The van der Waals surface area contributed by atoms with Crippen molar-refractivity contribution in [1.82, 2.24) is 10.2 Å². The second-order valence-corrected chi connectivity index (χ2v) is 5.51. The van der Waals surface area contributed by atoms with Gasteiger partial charge in [-0.3, -0.25) is 5.10 Å². The van der Waals surface area contributed by atoms with Crippen molar-refractivity contribution in [3.63, 3.8) is 0 Å². The van der Waals surface area contributed by atoms with Gasteiger partial charge in [0.1, 0.15) is 5.82 Å². The molecule has 0 unspecified atom stereocenters. The molecule has 0 spiro atoms. The van der Waals surface area contributed by atoms with Gasteiger partial charge in [-0.05, 0) is 24.6 Å². The fraction of sp³-hybridized carbons (Fsp3) is 0.357. The average molecular weight is 247 g/mol. The standard InChI is InChI=1S/C14H18FN3/c1-9-5-6-10(7-11(9)15)16-13-8-12(17-18-13)14(2,3)4/h5-8H,1-4H3,(H2,16,17,18). The lowest BCUT2D eigenvalue weighted by atomic mass is 9.92. The van der Waals surface area contributed by atoms with Gasteiger partial charge in [0.15, 0.2) is 5.82 Å². The maximum Gasteiger partial charge on any atom is 0.152 e. The number of hydrogen-bond acceptors (Lipinski definition) is 2. The van der Waals surface area contributed by atoms with Crippen LogP contribution in [0, 0.1) is 12.7 Å². The van der Waals surface area contributed by atoms with E-state index in [9.17, 15) is 4.39 Å². The van der Waals surface area contributed by atoms with Gasteiger partial charge in [-0.2, -0.15) is 5.10 Å². The number of nitrogens with one attached hydrogen (secondary N) is 2. The molecule has 4 heteroatoms. The molecule has 18 heavy (non-hydrogen) atoms. The molecule has 3 nitrogen and oxygen atoms in total. The Bertz CT molecular complexity index is 552. The van der Waals surface area contributed by atoms with E-state index in [1.54, 1.807) is 13.0 Å². The molecule has 0 amide bonds. The van der Waals surface area contributed by atoms with Crippen LogP contribution in [0.25, 0.3) is 0 Å². The van der Waals surface area contributed by atoms with Gasteiger partial charge in [0, 0.05) is 22.9 Å². The molecule has 0 aliphatic heterocycles. The molecule has 0 aliphatic rings. The van der Waals surface area contributed by atoms with E-state index in [1.807, 2.05) is 12.1 Å². The van der Waals surface area contributed by atoms with Crippen LogP contribution in [0.2, 0.25) is 0 Å². The second-order valence-electron chi connectivity index (χ2n) is 5.51. The van der Waals surface area contributed by atoms with Crippen LogP contribution in [-0.4, -0.2) is 10.2 Å². The first-order valence-electron chi connectivity index (χ1n) is 5.95. The summed E-state index contributed by atoms with van der Waals surface area (Å²) in [4.78, 5) is 0. The van der Waals surface area contributed by atoms with Crippen molar-refractivity contribution in [2.75, 3.05) is 5.32 Å². The Morgan fingerprint density at radius 1 is 1.22 bits per heavy atom. The lowest BCUT2D eigenvalue weighted by molar-refractivity contribution is 0.567. The minimum absolute atomic E-state index is 0.0193. The monoisotopic (exact) mass is 247 g/mol. The minimum Gasteiger partial charge on any atom is -0.339 e. The summed E-state index contributed by atoms with van der Waals surface area (Å²) in [5.74, 6) is 0.481. The Balaban J connectivity index is 2.19. The van der Waals surface area contributed by atoms with Gasteiger partial charge in [0.05, 0.1) is 0 Å². The third-order valence-electron chi connectivity index (χ3n) is 2.83. The smallest absolute Gasteiger partial charge is 0.152 e. The number of benzene rings is 1. The van der Waals surface area contributed by atoms with Crippen LogP contribution in [0.1, 0.15) is 32.0 Å². The number of halogens is 1. The van der Waals surface area contributed by atoms with Crippen LogP contribution in [0.3, 0.4) is 0 Å². The molecule has 0 bridgehead atoms. The predicted molar refractivity (Wildman–Crippen MR) is 71.7 cm³/mol. The van der Waals surface area contributed by atoms with Crippen LogP contribution in [-0.2, 0) is 5.41 Å². The number of nitrogens with zero attached hydrogens (tertiary/aromatic N) is 1. The van der Waals surface area contributed by atoms with Crippen molar-refractivity contribution in [3.8, 4) is 0 Å². The van der Waals surface area contributed by atoms with Gasteiger partial charge >= 0.3 is 0 Å². The van der Waals surface area contributed by atoms with E-state index in [1.165, 1.54) is 6.07 Å². The zero-order valence-corrected chi connectivity index (χ0v) is 11.1. The quantitative estimate of drug-likeness (QED) is 0.845. The van der Waals surface area contributed by atoms with Gasteiger partial charge in [-0.15, -0.1) is 0 Å². The molecular formula is C14H18FN3. The predicted octanol–water partition coefficient (Wildman–Crippen LogP) is 3.90. The van der Waals surface area contributed by atoms with Crippen molar-refractivity contribution < 1.29 is 4.39 Å². The molecule has 1 heterocycles. The molecule has 2 aromatic rings. The molecule has 2 rings (SSSR count). The summed E-state index contributed by atoms with van der Waals surface area (Å²) < 4.78 is 13.4. The van der Waals surface area contributed by atoms with Gasteiger partial charge in [-0.25, -0.2) is 4.39 Å². The van der Waals surface area contributed by atoms with Crippen molar-refractivity contribution in [1.29, 1.82) is 0 Å². The van der Waals surface area contributed by atoms with E-state index in [0.717, 1.165) is 5.69 Å². The number of aromatic amines is 1. The number of rotatable bonds is 2. The molecule has 96 valence electrons. The fourth-order valence-electron chi connectivity index (χ4n) is 1.59. The lowest BCUT2D eigenvalue weighted by Gasteiger charge is -2.14. The third kappa shape index (κ3) is 2.70. The average Bonchev–Trinajstić information content (AvgIpc) is 2.72. The van der Waals surface area contributed by atoms with Crippen molar-refractivity contribution >= 4 is 11.5 Å². The first-order valence-corrected chi connectivity index (χ1v) is 5.95. The highest BCUT2D eigenvalue weighted by Crippen LogP contribution is 2.24. The summed E-state index contributed by atoms with van der Waals surface area (Å²) in [6, 6.07) is 7.00. The van der Waals surface area contributed by atoms with E-state index in [0.29, 0.717) is 17.1 Å². The molecule has 0 fully saturated rings. The van der Waals surface area contributed by atoms with Gasteiger partial charge in [-0.1, -0.05) is 26.8 Å². The largest absolute Gasteiger partial charge is 0.339 e. The number of H-pyrrole nitrogens is 1. The maximum atomic E-state index is 13.4. The second kappa shape index (κ2) is 4.44. The zero-order chi connectivity index (χ0) is 13.3. The van der Waals surface area contributed by atoms with E-state index in [-0.39, 0.29) is 11.2 Å². The molecule has 2 N–H and O–H groups in total. The SMILES string of the molecule is Cc1ccc(Nc2cc(C(C)(C)C)[nH]n2)cc1F. The molecule has 0 saturated carbocycles. The normalized spacial score (nSPS) is 11.6. The Hall–Kier alpha value is -1.84. The lowest BCUT2D eigenvalue weighted by Crippen LogP contribution is -2.11. The number of hydrogen-bond donors (Lipinski definition) is 2. The Kier molecular flexibility index (Phi) is 3.11. The van der Waals surface area contributed by atoms with Gasteiger partial charge < -0.3 is 5.32 Å².